The predicted octanol–water partition coefficient (Wildman–Crippen LogP) is 2.14. The number of hydrogen-bond donors (Lipinski definition) is 1. The highest BCUT2D eigenvalue weighted by molar-refractivity contribution is 7.93. The van der Waals surface area contributed by atoms with Gasteiger partial charge in [-0.3, -0.25) is 14.6 Å². The first-order valence-corrected chi connectivity index (χ1v) is 18.0. The van der Waals surface area contributed by atoms with Gasteiger partial charge in [0.05, 0.1) is 56.4 Å². The SMILES string of the molecule is COc1ccccc1S(=O)(=O)N1C(=O)C(NC(=O)N2CC(N3CCC(N(C)C4COC4)CC3)C2)(c2cccnc2OC)c2cc(C#N)ccc21. The van der Waals surface area contributed by atoms with Crippen molar-refractivity contribution >= 4 is 27.6 Å². The van der Waals surface area contributed by atoms with Crippen LogP contribution >= 0.6 is 0 Å². The molecule has 4 aliphatic heterocycles. The number of ether oxygens (including phenoxy) is 3. The summed E-state index contributed by atoms with van der Waals surface area (Å²) in [6.45, 7) is 4.27. The number of benzene rings is 2. The van der Waals surface area contributed by atoms with Crippen molar-refractivity contribution in [3.63, 3.8) is 0 Å². The molecule has 0 radical (unpaired) electrons. The van der Waals surface area contributed by atoms with Gasteiger partial charge in [-0.15, -0.1) is 0 Å². The number of urea groups is 1. The number of anilines is 1. The highest BCUT2D eigenvalue weighted by atomic mass is 32.2. The van der Waals surface area contributed by atoms with E-state index >= 15 is 0 Å². The fourth-order valence-corrected chi connectivity index (χ4v) is 9.05. The van der Waals surface area contributed by atoms with Crippen LogP contribution in [0.15, 0.2) is 65.7 Å². The summed E-state index contributed by atoms with van der Waals surface area (Å²) in [6.07, 6.45) is 3.53. The van der Waals surface area contributed by atoms with E-state index in [0.29, 0.717) is 29.5 Å². The number of hydrogen-bond acceptors (Lipinski definition) is 11. The summed E-state index contributed by atoms with van der Waals surface area (Å²) < 4.78 is 45.8. The van der Waals surface area contributed by atoms with Crippen LogP contribution in [0.25, 0.3) is 0 Å². The Morgan fingerprint density at radius 3 is 2.44 bits per heavy atom. The summed E-state index contributed by atoms with van der Waals surface area (Å²) in [5, 5.41) is 12.8. The van der Waals surface area contributed by atoms with Gasteiger partial charge in [0, 0.05) is 50.0 Å². The maximum Gasteiger partial charge on any atom is 0.318 e. The Hall–Kier alpha value is -4.75. The Labute approximate surface area is 291 Å². The first-order valence-electron chi connectivity index (χ1n) is 16.5. The number of aromatic nitrogens is 1. The molecule has 3 aromatic rings. The third-order valence-corrected chi connectivity index (χ3v) is 12.2. The zero-order valence-corrected chi connectivity index (χ0v) is 28.9. The number of sulfonamides is 1. The molecule has 0 aliphatic carbocycles. The highest BCUT2D eigenvalue weighted by Gasteiger charge is 2.59. The first kappa shape index (κ1) is 33.7. The molecule has 2 aromatic carbocycles. The third-order valence-electron chi connectivity index (χ3n) is 10.4. The molecule has 3 fully saturated rings. The minimum atomic E-state index is -4.61. The monoisotopic (exact) mass is 701 g/mol. The van der Waals surface area contributed by atoms with Gasteiger partial charge in [-0.1, -0.05) is 12.1 Å². The summed E-state index contributed by atoms with van der Waals surface area (Å²) in [7, 11) is 0.263. The van der Waals surface area contributed by atoms with E-state index in [1.165, 1.54) is 56.8 Å². The summed E-state index contributed by atoms with van der Waals surface area (Å²) in [6, 6.07) is 16.0. The Bertz CT molecular complexity index is 1950. The molecule has 15 heteroatoms. The topological polar surface area (TPSA) is 158 Å². The van der Waals surface area contributed by atoms with Crippen molar-refractivity contribution in [3.8, 4) is 17.7 Å². The summed E-state index contributed by atoms with van der Waals surface area (Å²) in [5.41, 5.74) is -1.76. The molecule has 1 aromatic heterocycles. The van der Waals surface area contributed by atoms with Crippen LogP contribution in [0.3, 0.4) is 0 Å². The van der Waals surface area contributed by atoms with Gasteiger partial charge in [-0.2, -0.15) is 9.57 Å². The minimum absolute atomic E-state index is 0.00814. The van der Waals surface area contributed by atoms with Gasteiger partial charge in [0.2, 0.25) is 5.88 Å². The Morgan fingerprint density at radius 2 is 1.78 bits per heavy atom. The molecule has 0 spiro atoms. The molecular formula is C35H39N7O7S. The maximum atomic E-state index is 15.0. The largest absolute Gasteiger partial charge is 0.495 e. The molecule has 50 heavy (non-hydrogen) atoms. The fourth-order valence-electron chi connectivity index (χ4n) is 7.42. The van der Waals surface area contributed by atoms with Crippen LogP contribution in [0, 0.1) is 11.3 Å². The van der Waals surface area contributed by atoms with Crippen LogP contribution in [-0.2, 0) is 25.1 Å². The Balaban J connectivity index is 1.21. The number of nitriles is 1. The number of fused-ring (bicyclic) bond motifs is 1. The molecule has 3 amide bonds. The van der Waals surface area contributed by atoms with Crippen molar-refractivity contribution in [1.82, 2.24) is 25.0 Å². The number of likely N-dealkylation sites (tertiary alicyclic amines) is 2. The number of carbonyl (C=O) groups is 2. The number of carbonyl (C=O) groups excluding carboxylic acids is 2. The fraction of sp³-hybridized carbons (Fsp3) is 0.429. The zero-order valence-electron chi connectivity index (χ0n) is 28.1. The van der Waals surface area contributed by atoms with Crippen molar-refractivity contribution < 1.29 is 32.2 Å². The van der Waals surface area contributed by atoms with Gasteiger partial charge < -0.3 is 24.4 Å². The van der Waals surface area contributed by atoms with Crippen molar-refractivity contribution in [2.45, 2.75) is 41.4 Å². The van der Waals surface area contributed by atoms with E-state index < -0.39 is 27.5 Å². The summed E-state index contributed by atoms with van der Waals surface area (Å²) in [4.78, 5) is 39.7. The zero-order chi connectivity index (χ0) is 35.2. The third kappa shape index (κ3) is 5.43. The number of amides is 3. The number of methoxy groups -OCH3 is 2. The minimum Gasteiger partial charge on any atom is -0.495 e. The number of para-hydroxylation sites is 1. The number of pyridine rings is 1. The van der Waals surface area contributed by atoms with E-state index in [2.05, 4.69) is 33.2 Å². The Morgan fingerprint density at radius 1 is 1.04 bits per heavy atom. The van der Waals surface area contributed by atoms with E-state index in [9.17, 15) is 23.3 Å². The standard InChI is InChI=1S/C35H39N7O7S/c1-39(26-21-49-22-26)24-12-15-40(16-13-24)25-19-41(20-25)34(44)38-35(27-7-6-14-37-32(27)48-3)28-17-23(18-36)10-11-29(28)42(33(35)43)50(45,46)31-9-5-4-8-30(31)47-2/h4-11,14,17,24-26H,12-13,15-16,19-22H2,1-3H3,(H,38,44). The van der Waals surface area contributed by atoms with Gasteiger partial charge >= 0.3 is 6.03 Å². The molecule has 3 saturated heterocycles. The van der Waals surface area contributed by atoms with E-state index in [-0.39, 0.29) is 44.9 Å². The number of rotatable bonds is 9. The number of likely N-dealkylation sites (N-methyl/N-ethyl adjacent to an activating group) is 1. The smallest absolute Gasteiger partial charge is 0.318 e. The summed E-state index contributed by atoms with van der Waals surface area (Å²) >= 11 is 0. The molecular weight excluding hydrogens is 662 g/mol. The van der Waals surface area contributed by atoms with Crippen LogP contribution < -0.4 is 19.1 Å². The van der Waals surface area contributed by atoms with Crippen molar-refractivity contribution in [2.24, 2.45) is 0 Å². The average molecular weight is 702 g/mol. The van der Waals surface area contributed by atoms with E-state index in [1.807, 2.05) is 0 Å². The van der Waals surface area contributed by atoms with Gasteiger partial charge in [-0.05, 0) is 62.4 Å². The van der Waals surface area contributed by atoms with Crippen molar-refractivity contribution in [1.29, 1.82) is 5.26 Å². The molecule has 0 bridgehead atoms. The lowest BCUT2D eigenvalue weighted by molar-refractivity contribution is -0.121. The Kier molecular flexibility index (Phi) is 8.89. The second-order valence-corrected chi connectivity index (χ2v) is 14.7. The molecule has 5 heterocycles. The van der Waals surface area contributed by atoms with E-state index in [4.69, 9.17) is 14.2 Å². The van der Waals surface area contributed by atoms with Gasteiger partial charge in [0.25, 0.3) is 15.9 Å². The number of nitrogens with one attached hydrogen (secondary N) is 1. The van der Waals surface area contributed by atoms with Crippen LogP contribution in [-0.4, -0.2) is 119 Å². The van der Waals surface area contributed by atoms with E-state index in [1.54, 1.807) is 23.1 Å². The normalized spacial score (nSPS) is 21.7. The first-order chi connectivity index (χ1) is 24.1. The second-order valence-electron chi connectivity index (χ2n) is 13.0. The molecule has 4 aliphatic rings. The second kappa shape index (κ2) is 13.2. The van der Waals surface area contributed by atoms with Crippen molar-refractivity contribution in [3.05, 3.63) is 77.5 Å². The molecule has 7 rings (SSSR count). The average Bonchev–Trinajstić information content (AvgIpc) is 3.34. The van der Waals surface area contributed by atoms with E-state index in [0.717, 1.165) is 39.1 Å². The van der Waals surface area contributed by atoms with Crippen LogP contribution in [0.4, 0.5) is 10.5 Å². The van der Waals surface area contributed by atoms with Crippen molar-refractivity contribution in [2.75, 3.05) is 65.0 Å². The number of nitrogens with zero attached hydrogens (tertiary/aromatic N) is 6. The van der Waals surface area contributed by atoms with Crippen LogP contribution in [0.5, 0.6) is 11.6 Å². The molecule has 1 atom stereocenters. The number of piperidine rings is 1. The molecule has 14 nitrogen and oxygen atoms in total. The van der Waals surface area contributed by atoms with Gasteiger partial charge in [0.15, 0.2) is 5.54 Å². The predicted molar refractivity (Wildman–Crippen MR) is 181 cm³/mol. The van der Waals surface area contributed by atoms with Gasteiger partial charge in [0.1, 0.15) is 10.6 Å². The molecule has 1 N–H and O–H groups in total. The lowest BCUT2D eigenvalue weighted by atomic mass is 9.83. The summed E-state index contributed by atoms with van der Waals surface area (Å²) in [5.74, 6) is -0.933. The highest BCUT2D eigenvalue weighted by Crippen LogP contribution is 2.49. The van der Waals surface area contributed by atoms with Crippen LogP contribution in [0.2, 0.25) is 0 Å². The lowest BCUT2D eigenvalue weighted by Gasteiger charge is -2.50. The quantitative estimate of drug-likeness (QED) is 0.349. The van der Waals surface area contributed by atoms with Gasteiger partial charge in [-0.25, -0.2) is 18.2 Å². The molecule has 1 unspecified atom stereocenters. The lowest BCUT2D eigenvalue weighted by Crippen LogP contribution is -2.67. The molecule has 262 valence electrons. The van der Waals surface area contributed by atoms with Crippen LogP contribution in [0.1, 0.15) is 29.5 Å². The molecule has 0 saturated carbocycles. The maximum absolute atomic E-state index is 15.0.